The molecule has 1 fully saturated rings. The number of ketones is 1. The highest BCUT2D eigenvalue weighted by Crippen LogP contribution is 2.40. The monoisotopic (exact) mass is 837 g/mol. The number of nitrogens with zero attached hydrogens (tertiary/aromatic N) is 2. The molecule has 0 bridgehead atoms. The van der Waals surface area contributed by atoms with Crippen LogP contribution in [0.15, 0.2) is 85.1 Å². The number of benzene rings is 4. The van der Waals surface area contributed by atoms with Gasteiger partial charge in [-0.05, 0) is 77.9 Å². The number of urea groups is 1. The lowest BCUT2D eigenvalue weighted by Gasteiger charge is -2.27. The summed E-state index contributed by atoms with van der Waals surface area (Å²) in [5.74, 6) is 2.20. The van der Waals surface area contributed by atoms with E-state index >= 15 is 0 Å². The van der Waals surface area contributed by atoms with Crippen LogP contribution in [0.5, 0.6) is 23.0 Å². The molecule has 1 aromatic heterocycles. The van der Waals surface area contributed by atoms with Crippen LogP contribution < -0.4 is 29.6 Å². The van der Waals surface area contributed by atoms with Gasteiger partial charge >= 0.3 is 6.03 Å². The second-order valence-corrected chi connectivity index (χ2v) is 18.0. The molecule has 1 atom stereocenters. The summed E-state index contributed by atoms with van der Waals surface area (Å²) < 4.78 is 50.0. The third-order valence-corrected chi connectivity index (χ3v) is 11.0. The highest BCUT2D eigenvalue weighted by atomic mass is 32.2. The molecule has 0 saturated carbocycles. The first-order chi connectivity index (χ1) is 28.6. The SMILES string of the molecule is COc1cc(Cc2cc(Oc3ccc(NC(=O)Nc4cc(C(C)(C)C)cc(NS(C)(=O)=O)c4OC)c4ccccc34)ccn2)ccc1C(=O)C[C@@H](C)CCN1CCOCC1. The summed E-state index contributed by atoms with van der Waals surface area (Å²) >= 11 is 0. The first-order valence-electron chi connectivity index (χ1n) is 20.0. The summed E-state index contributed by atoms with van der Waals surface area (Å²) in [6.07, 6.45) is 4.65. The molecule has 2 amide bonds. The number of amides is 2. The summed E-state index contributed by atoms with van der Waals surface area (Å²) in [6.45, 7) is 12.5. The van der Waals surface area contributed by atoms with Gasteiger partial charge in [-0.3, -0.25) is 19.4 Å². The summed E-state index contributed by atoms with van der Waals surface area (Å²) in [5.41, 5.74) is 3.77. The Morgan fingerprint density at radius 2 is 1.58 bits per heavy atom. The van der Waals surface area contributed by atoms with E-state index in [2.05, 4.69) is 32.2 Å². The Labute approximate surface area is 352 Å². The lowest BCUT2D eigenvalue weighted by atomic mass is 9.86. The molecule has 0 radical (unpaired) electrons. The molecule has 6 rings (SSSR count). The molecule has 1 aliphatic heterocycles. The smallest absolute Gasteiger partial charge is 0.323 e. The van der Waals surface area contributed by atoms with Crippen molar-refractivity contribution < 1.29 is 37.0 Å². The Kier molecular flexibility index (Phi) is 14.0. The highest BCUT2D eigenvalue weighted by Gasteiger charge is 2.23. The Balaban J connectivity index is 1.14. The number of carbonyl (C=O) groups is 2. The normalized spacial score (nSPS) is 14.0. The van der Waals surface area contributed by atoms with E-state index in [-0.39, 0.29) is 28.6 Å². The fourth-order valence-corrected chi connectivity index (χ4v) is 7.73. The number of morpholine rings is 1. The van der Waals surface area contributed by atoms with Crippen LogP contribution >= 0.6 is 0 Å². The fraction of sp³-hybridized carbons (Fsp3) is 0.370. The van der Waals surface area contributed by atoms with Crippen LogP contribution in [0.2, 0.25) is 0 Å². The van der Waals surface area contributed by atoms with E-state index < -0.39 is 16.1 Å². The molecule has 13 nitrogen and oxygen atoms in total. The number of fused-ring (bicyclic) bond motifs is 1. The second-order valence-electron chi connectivity index (χ2n) is 16.2. The molecule has 14 heteroatoms. The Bertz CT molecular complexity index is 2440. The number of anilines is 3. The van der Waals surface area contributed by atoms with Gasteiger partial charge in [0.2, 0.25) is 10.0 Å². The van der Waals surface area contributed by atoms with Gasteiger partial charge in [0.15, 0.2) is 11.5 Å². The molecule has 1 saturated heterocycles. The minimum Gasteiger partial charge on any atom is -0.496 e. The fourth-order valence-electron chi connectivity index (χ4n) is 7.18. The van der Waals surface area contributed by atoms with Crippen molar-refractivity contribution in [2.75, 3.05) is 68.7 Å². The van der Waals surface area contributed by atoms with Gasteiger partial charge in [-0.15, -0.1) is 0 Å². The largest absolute Gasteiger partial charge is 0.496 e. The van der Waals surface area contributed by atoms with E-state index in [1.165, 1.54) is 7.11 Å². The number of hydrogen-bond donors (Lipinski definition) is 3. The molecule has 1 aliphatic rings. The van der Waals surface area contributed by atoms with Crippen molar-refractivity contribution in [1.29, 1.82) is 0 Å². The number of hydrogen-bond acceptors (Lipinski definition) is 10. The van der Waals surface area contributed by atoms with E-state index in [1.807, 2.05) is 69.3 Å². The summed E-state index contributed by atoms with van der Waals surface area (Å²) in [4.78, 5) is 33.9. The standard InChI is InChI=1S/C46H55N5O8S/c1-30(17-19-51-20-22-58-23-21-51)24-41(52)37-13-12-31(26-43(37)56-5)25-33-29-34(16-18-47-33)59-42-15-14-38(35-10-8-9-11-36(35)42)48-45(53)49-39-27-32(46(2,3)4)28-40(44(39)57-6)50-60(7,54)55/h8-16,18,26-30,50H,17,19-25H2,1-7H3,(H2,48,49,53)/t30-/m0/s1. The van der Waals surface area contributed by atoms with Gasteiger partial charge in [-0.25, -0.2) is 13.2 Å². The zero-order chi connectivity index (χ0) is 43.0. The summed E-state index contributed by atoms with van der Waals surface area (Å²) in [5, 5.41) is 7.30. The topological polar surface area (TPSA) is 157 Å². The van der Waals surface area contributed by atoms with Gasteiger partial charge in [-0.2, -0.15) is 0 Å². The van der Waals surface area contributed by atoms with Crippen LogP contribution in [0.3, 0.4) is 0 Å². The maximum atomic E-state index is 13.5. The zero-order valence-corrected chi connectivity index (χ0v) is 36.2. The van der Waals surface area contributed by atoms with Gasteiger partial charge in [0.1, 0.15) is 17.2 Å². The molecule has 0 unspecified atom stereocenters. The van der Waals surface area contributed by atoms with E-state index in [1.54, 1.807) is 43.6 Å². The molecule has 2 heterocycles. The predicted molar refractivity (Wildman–Crippen MR) is 237 cm³/mol. The first-order valence-corrected chi connectivity index (χ1v) is 21.9. The number of aromatic nitrogens is 1. The summed E-state index contributed by atoms with van der Waals surface area (Å²) in [6, 6.07) is 23.4. The van der Waals surface area contributed by atoms with E-state index in [0.29, 0.717) is 47.0 Å². The van der Waals surface area contributed by atoms with Crippen LogP contribution in [0.1, 0.15) is 67.7 Å². The predicted octanol–water partition coefficient (Wildman–Crippen LogP) is 8.88. The van der Waals surface area contributed by atoms with Crippen molar-refractivity contribution in [1.82, 2.24) is 9.88 Å². The number of ether oxygens (including phenoxy) is 4. The van der Waals surface area contributed by atoms with Gasteiger partial charge in [0, 0.05) is 54.7 Å². The second kappa shape index (κ2) is 19.1. The van der Waals surface area contributed by atoms with Crippen molar-refractivity contribution in [3.8, 4) is 23.0 Å². The van der Waals surface area contributed by atoms with Crippen molar-refractivity contribution >= 4 is 49.7 Å². The quantitative estimate of drug-likeness (QED) is 0.0821. The van der Waals surface area contributed by atoms with Gasteiger partial charge in [0.05, 0.1) is 56.3 Å². The number of nitrogens with one attached hydrogen (secondary N) is 3. The maximum absolute atomic E-state index is 13.5. The molecule has 5 aromatic rings. The third kappa shape index (κ3) is 11.5. The highest BCUT2D eigenvalue weighted by molar-refractivity contribution is 7.92. The van der Waals surface area contributed by atoms with Crippen LogP contribution in [0, 0.1) is 5.92 Å². The molecule has 318 valence electrons. The molecule has 0 aliphatic carbocycles. The van der Waals surface area contributed by atoms with Crippen LogP contribution in [0.25, 0.3) is 10.8 Å². The van der Waals surface area contributed by atoms with Crippen molar-refractivity contribution in [2.45, 2.75) is 52.4 Å². The molecule has 4 aromatic carbocycles. The van der Waals surface area contributed by atoms with Crippen molar-refractivity contribution in [3.05, 3.63) is 107 Å². The number of pyridine rings is 1. The minimum atomic E-state index is -3.64. The maximum Gasteiger partial charge on any atom is 0.323 e. The number of Topliss-reactive ketones (excluding diaryl/α,β-unsaturated/α-hetero) is 1. The lowest BCUT2D eigenvalue weighted by Crippen LogP contribution is -2.37. The lowest BCUT2D eigenvalue weighted by molar-refractivity contribution is 0.0355. The number of carbonyl (C=O) groups excluding carboxylic acids is 2. The number of sulfonamides is 1. The van der Waals surface area contributed by atoms with E-state index in [0.717, 1.165) is 73.1 Å². The number of rotatable bonds is 16. The number of methoxy groups -OCH3 is 2. The van der Waals surface area contributed by atoms with E-state index in [4.69, 9.17) is 18.9 Å². The average molecular weight is 838 g/mol. The molecule has 3 N–H and O–H groups in total. The summed E-state index contributed by atoms with van der Waals surface area (Å²) in [7, 11) is -0.642. The molecule has 0 spiro atoms. The Hall–Kier alpha value is -5.70. The van der Waals surface area contributed by atoms with Crippen molar-refractivity contribution in [3.63, 3.8) is 0 Å². The molecular weight excluding hydrogens is 783 g/mol. The van der Waals surface area contributed by atoms with Crippen molar-refractivity contribution in [2.24, 2.45) is 5.92 Å². The first kappa shape index (κ1) is 43.9. The molecular formula is C46H55N5O8S. The minimum absolute atomic E-state index is 0.0691. The molecule has 60 heavy (non-hydrogen) atoms. The van der Waals surface area contributed by atoms with Gasteiger partial charge < -0.3 is 29.6 Å². The third-order valence-electron chi connectivity index (χ3n) is 10.4. The van der Waals surface area contributed by atoms with Gasteiger partial charge in [-0.1, -0.05) is 58.0 Å². The van der Waals surface area contributed by atoms with Gasteiger partial charge in [0.25, 0.3) is 0 Å². The van der Waals surface area contributed by atoms with E-state index in [9.17, 15) is 18.0 Å². The average Bonchev–Trinajstić information content (AvgIpc) is 3.20. The van der Waals surface area contributed by atoms with Crippen LogP contribution in [-0.4, -0.2) is 83.4 Å². The Morgan fingerprint density at radius 1 is 0.867 bits per heavy atom. The Morgan fingerprint density at radius 3 is 2.28 bits per heavy atom. The van der Waals surface area contributed by atoms with Crippen LogP contribution in [-0.2, 0) is 26.6 Å². The van der Waals surface area contributed by atoms with Crippen LogP contribution in [0.4, 0.5) is 21.9 Å². The zero-order valence-electron chi connectivity index (χ0n) is 35.4.